The van der Waals surface area contributed by atoms with Gasteiger partial charge in [-0.25, -0.2) is 4.98 Å². The van der Waals surface area contributed by atoms with Crippen molar-refractivity contribution in [2.45, 2.75) is 45.6 Å². The highest BCUT2D eigenvalue weighted by atomic mass is 32.1. The van der Waals surface area contributed by atoms with Crippen molar-refractivity contribution in [3.8, 4) is 0 Å². The summed E-state index contributed by atoms with van der Waals surface area (Å²) in [7, 11) is 0. The van der Waals surface area contributed by atoms with E-state index in [9.17, 15) is 4.79 Å². The summed E-state index contributed by atoms with van der Waals surface area (Å²) in [5.74, 6) is 0.545. The van der Waals surface area contributed by atoms with Gasteiger partial charge >= 0.3 is 0 Å². The fourth-order valence-corrected chi connectivity index (χ4v) is 4.74. The number of carbonyl (C=O) groups is 1. The minimum absolute atomic E-state index is 0.0141. The van der Waals surface area contributed by atoms with Crippen LogP contribution in [-0.2, 0) is 6.42 Å². The molecule has 1 unspecified atom stereocenters. The molecule has 2 aromatic heterocycles. The number of nitrogens with one attached hydrogen (secondary N) is 1. The van der Waals surface area contributed by atoms with Crippen LogP contribution in [0.5, 0.6) is 0 Å². The third-order valence-corrected chi connectivity index (χ3v) is 5.97. The molecule has 1 N–H and O–H groups in total. The summed E-state index contributed by atoms with van der Waals surface area (Å²) in [6.45, 7) is 5.10. The van der Waals surface area contributed by atoms with Crippen LogP contribution in [0, 0.1) is 5.92 Å². The zero-order valence-electron chi connectivity index (χ0n) is 15.2. The minimum Gasteiger partial charge on any atom is -0.328 e. The van der Waals surface area contributed by atoms with Crippen LogP contribution < -0.4 is 0 Å². The van der Waals surface area contributed by atoms with Crippen molar-refractivity contribution in [1.29, 1.82) is 0 Å². The lowest BCUT2D eigenvalue weighted by molar-refractivity contribution is 0.0605. The number of carbonyl (C=O) groups excluding carboxylic acids is 1. The monoisotopic (exact) mass is 368 g/mol. The van der Waals surface area contributed by atoms with E-state index in [0.29, 0.717) is 11.6 Å². The number of amides is 1. The van der Waals surface area contributed by atoms with E-state index in [-0.39, 0.29) is 11.9 Å². The Morgan fingerprint density at radius 2 is 2.19 bits per heavy atom. The Hall–Kier alpha value is -2.21. The topological polar surface area (TPSA) is 61.9 Å². The largest absolute Gasteiger partial charge is 0.328 e. The van der Waals surface area contributed by atoms with Crippen molar-refractivity contribution in [3.63, 3.8) is 0 Å². The molecule has 0 spiro atoms. The van der Waals surface area contributed by atoms with Crippen molar-refractivity contribution in [2.24, 2.45) is 5.92 Å². The first-order valence-corrected chi connectivity index (χ1v) is 10.1. The van der Waals surface area contributed by atoms with Crippen LogP contribution in [0.25, 0.3) is 10.2 Å². The van der Waals surface area contributed by atoms with Crippen LogP contribution in [0.1, 0.15) is 60.3 Å². The Labute approximate surface area is 157 Å². The van der Waals surface area contributed by atoms with Gasteiger partial charge in [0.1, 0.15) is 10.7 Å². The molecule has 3 aromatic rings. The van der Waals surface area contributed by atoms with Crippen LogP contribution in [0.3, 0.4) is 0 Å². The molecule has 1 aromatic carbocycles. The molecule has 6 heteroatoms. The number of aromatic nitrogens is 3. The van der Waals surface area contributed by atoms with Crippen molar-refractivity contribution in [3.05, 3.63) is 46.7 Å². The quantitative estimate of drug-likeness (QED) is 0.733. The highest BCUT2D eigenvalue weighted by Crippen LogP contribution is 2.36. The lowest BCUT2D eigenvalue weighted by Crippen LogP contribution is -2.38. The third-order valence-electron chi connectivity index (χ3n) is 4.84. The van der Waals surface area contributed by atoms with E-state index in [0.717, 1.165) is 48.4 Å². The molecule has 0 bridgehead atoms. The van der Waals surface area contributed by atoms with Gasteiger partial charge in [-0.15, -0.1) is 11.3 Å². The molecule has 1 atom stereocenters. The molecular formula is C20H24N4OS. The van der Waals surface area contributed by atoms with Gasteiger partial charge < -0.3 is 4.90 Å². The molecule has 0 aliphatic carbocycles. The van der Waals surface area contributed by atoms with Gasteiger partial charge in [-0.05, 0) is 49.8 Å². The second kappa shape index (κ2) is 7.19. The van der Waals surface area contributed by atoms with Crippen LogP contribution in [0.4, 0.5) is 0 Å². The minimum atomic E-state index is 0.0141. The first-order valence-electron chi connectivity index (χ1n) is 9.32. The number of benzene rings is 1. The van der Waals surface area contributed by atoms with E-state index in [2.05, 4.69) is 30.1 Å². The second-order valence-electron chi connectivity index (χ2n) is 7.41. The van der Waals surface area contributed by atoms with E-state index in [4.69, 9.17) is 4.98 Å². The molecule has 3 heterocycles. The number of thiazole rings is 1. The Morgan fingerprint density at radius 3 is 3.00 bits per heavy atom. The standard InChI is InChI=1S/C20H24N4OS/c1-13(2)11-14-12-16(23-22-14)20(25)24-10-6-5-8-17(24)19-21-15-7-3-4-9-18(15)26-19/h3-4,7,9,12-13,17H,5-6,8,10-11H2,1-2H3,(H,22,23). The van der Waals surface area contributed by atoms with Crippen molar-refractivity contribution in [2.75, 3.05) is 6.54 Å². The zero-order chi connectivity index (χ0) is 18.1. The fraction of sp³-hybridized carbons (Fsp3) is 0.450. The number of para-hydroxylation sites is 1. The predicted molar refractivity (Wildman–Crippen MR) is 104 cm³/mol. The number of hydrogen-bond donors (Lipinski definition) is 1. The summed E-state index contributed by atoms with van der Waals surface area (Å²) < 4.78 is 1.18. The van der Waals surface area contributed by atoms with Gasteiger partial charge in [0.15, 0.2) is 0 Å². The van der Waals surface area contributed by atoms with Gasteiger partial charge in [-0.1, -0.05) is 26.0 Å². The molecule has 0 saturated carbocycles. The maximum atomic E-state index is 13.1. The number of likely N-dealkylation sites (tertiary alicyclic amines) is 1. The average Bonchev–Trinajstić information content (AvgIpc) is 3.27. The molecule has 4 rings (SSSR count). The maximum absolute atomic E-state index is 13.1. The first-order chi connectivity index (χ1) is 12.6. The van der Waals surface area contributed by atoms with E-state index in [1.807, 2.05) is 29.2 Å². The first kappa shape index (κ1) is 17.2. The Kier molecular flexibility index (Phi) is 4.76. The molecular weight excluding hydrogens is 344 g/mol. The van der Waals surface area contributed by atoms with E-state index in [1.165, 1.54) is 4.70 Å². The highest BCUT2D eigenvalue weighted by Gasteiger charge is 2.32. The van der Waals surface area contributed by atoms with Crippen LogP contribution in [0.2, 0.25) is 0 Å². The van der Waals surface area contributed by atoms with Gasteiger partial charge in [0, 0.05) is 12.2 Å². The molecule has 0 radical (unpaired) electrons. The lowest BCUT2D eigenvalue weighted by Gasteiger charge is -2.34. The summed E-state index contributed by atoms with van der Waals surface area (Å²) in [6, 6.07) is 10.1. The molecule has 1 amide bonds. The number of aromatic amines is 1. The Morgan fingerprint density at radius 1 is 1.35 bits per heavy atom. The predicted octanol–water partition coefficient (Wildman–Crippen LogP) is 4.59. The summed E-state index contributed by atoms with van der Waals surface area (Å²) in [5.41, 5.74) is 2.56. The zero-order valence-corrected chi connectivity index (χ0v) is 16.1. The average molecular weight is 369 g/mol. The lowest BCUT2D eigenvalue weighted by atomic mass is 10.0. The van der Waals surface area contributed by atoms with E-state index >= 15 is 0 Å². The smallest absolute Gasteiger partial charge is 0.274 e. The normalized spacial score (nSPS) is 18.0. The molecule has 1 aliphatic rings. The SMILES string of the molecule is CC(C)Cc1cc(C(=O)N2CCCCC2c2nc3ccccc3s2)n[nH]1. The van der Waals surface area contributed by atoms with Gasteiger partial charge in [0.2, 0.25) is 0 Å². The fourth-order valence-electron chi connectivity index (χ4n) is 3.63. The Bertz CT molecular complexity index is 880. The number of hydrogen-bond acceptors (Lipinski definition) is 4. The van der Waals surface area contributed by atoms with Gasteiger partial charge in [-0.2, -0.15) is 5.10 Å². The number of fused-ring (bicyclic) bond motifs is 1. The number of rotatable bonds is 4. The van der Waals surface area contributed by atoms with Crippen molar-refractivity contribution >= 4 is 27.5 Å². The maximum Gasteiger partial charge on any atom is 0.274 e. The van der Waals surface area contributed by atoms with Gasteiger partial charge in [0.05, 0.1) is 16.3 Å². The molecule has 1 aliphatic heterocycles. The summed E-state index contributed by atoms with van der Waals surface area (Å²) in [6.07, 6.45) is 4.04. The molecule has 1 saturated heterocycles. The van der Waals surface area contributed by atoms with Crippen LogP contribution in [-0.4, -0.2) is 32.5 Å². The second-order valence-corrected chi connectivity index (χ2v) is 8.47. The molecule has 26 heavy (non-hydrogen) atoms. The van der Waals surface area contributed by atoms with Gasteiger partial charge in [-0.3, -0.25) is 9.89 Å². The van der Waals surface area contributed by atoms with E-state index < -0.39 is 0 Å². The summed E-state index contributed by atoms with van der Waals surface area (Å²) in [4.78, 5) is 19.9. The van der Waals surface area contributed by atoms with Crippen LogP contribution in [0.15, 0.2) is 30.3 Å². The third kappa shape index (κ3) is 3.38. The number of H-pyrrole nitrogens is 1. The Balaban J connectivity index is 1.60. The van der Waals surface area contributed by atoms with Crippen LogP contribution >= 0.6 is 11.3 Å². The molecule has 5 nitrogen and oxygen atoms in total. The van der Waals surface area contributed by atoms with Crippen molar-refractivity contribution < 1.29 is 4.79 Å². The molecule has 136 valence electrons. The van der Waals surface area contributed by atoms with Crippen molar-refractivity contribution in [1.82, 2.24) is 20.1 Å². The summed E-state index contributed by atoms with van der Waals surface area (Å²) >= 11 is 1.70. The molecule has 1 fully saturated rings. The number of piperidine rings is 1. The summed E-state index contributed by atoms with van der Waals surface area (Å²) in [5, 5.41) is 8.34. The van der Waals surface area contributed by atoms with Gasteiger partial charge in [0.25, 0.3) is 5.91 Å². The highest BCUT2D eigenvalue weighted by molar-refractivity contribution is 7.18. The number of nitrogens with zero attached hydrogens (tertiary/aromatic N) is 3. The van der Waals surface area contributed by atoms with E-state index in [1.54, 1.807) is 11.3 Å².